The monoisotopic (exact) mass is 340 g/mol. The van der Waals surface area contributed by atoms with Gasteiger partial charge in [-0.15, -0.1) is 0 Å². The standard InChI is InChI=1S/C12H8N2O6S2/c15-21(16)19-9-3-5-13-11-7(9)1-2-8-10(20-22(17)18)4-6-14-12(8)11/h1-6H,(H,15,16)(H,17,18). The van der Waals surface area contributed by atoms with Crippen molar-refractivity contribution < 1.29 is 25.9 Å². The van der Waals surface area contributed by atoms with Gasteiger partial charge in [-0.3, -0.25) is 19.1 Å². The molecule has 2 N–H and O–H groups in total. The molecular weight excluding hydrogens is 332 g/mol. The zero-order valence-corrected chi connectivity index (χ0v) is 12.3. The summed E-state index contributed by atoms with van der Waals surface area (Å²) in [5.41, 5.74) is 0.823. The van der Waals surface area contributed by atoms with E-state index in [0.717, 1.165) is 0 Å². The lowest BCUT2D eigenvalue weighted by atomic mass is 10.1. The summed E-state index contributed by atoms with van der Waals surface area (Å²) in [4.78, 5) is 8.36. The van der Waals surface area contributed by atoms with Crippen LogP contribution in [0, 0.1) is 0 Å². The minimum absolute atomic E-state index is 0.173. The Morgan fingerprint density at radius 3 is 1.55 bits per heavy atom. The first-order valence-corrected chi connectivity index (χ1v) is 7.87. The molecule has 0 bridgehead atoms. The van der Waals surface area contributed by atoms with Gasteiger partial charge in [-0.2, -0.15) is 8.42 Å². The Balaban J connectivity index is 2.28. The van der Waals surface area contributed by atoms with Gasteiger partial charge in [-0.25, -0.2) is 0 Å². The minimum Gasteiger partial charge on any atom is -0.379 e. The van der Waals surface area contributed by atoms with Gasteiger partial charge in [0.15, 0.2) is 11.5 Å². The molecule has 22 heavy (non-hydrogen) atoms. The van der Waals surface area contributed by atoms with Crippen LogP contribution in [0.2, 0.25) is 0 Å². The number of hydrogen-bond acceptors (Lipinski definition) is 6. The van der Waals surface area contributed by atoms with Crippen molar-refractivity contribution in [1.82, 2.24) is 9.97 Å². The van der Waals surface area contributed by atoms with Gasteiger partial charge in [0.2, 0.25) is 0 Å². The van der Waals surface area contributed by atoms with Gasteiger partial charge in [-0.1, -0.05) is 0 Å². The van der Waals surface area contributed by atoms with E-state index >= 15 is 0 Å². The molecule has 0 aliphatic carbocycles. The molecule has 0 aliphatic rings. The van der Waals surface area contributed by atoms with Crippen molar-refractivity contribution in [3.05, 3.63) is 36.7 Å². The first-order chi connectivity index (χ1) is 10.6. The second-order valence-electron chi connectivity index (χ2n) is 4.08. The van der Waals surface area contributed by atoms with E-state index in [1.807, 2.05) is 0 Å². The Morgan fingerprint density at radius 1 is 0.773 bits per heavy atom. The van der Waals surface area contributed by atoms with Gasteiger partial charge < -0.3 is 8.37 Å². The molecule has 8 nitrogen and oxygen atoms in total. The maximum Gasteiger partial charge on any atom is 0.357 e. The lowest BCUT2D eigenvalue weighted by Crippen LogP contribution is -2.00. The van der Waals surface area contributed by atoms with Gasteiger partial charge in [0, 0.05) is 35.3 Å². The molecule has 2 unspecified atom stereocenters. The average molecular weight is 340 g/mol. The van der Waals surface area contributed by atoms with E-state index in [4.69, 9.17) is 17.5 Å². The third-order valence-corrected chi connectivity index (χ3v) is 3.51. The minimum atomic E-state index is -2.46. The van der Waals surface area contributed by atoms with Crippen LogP contribution >= 0.6 is 0 Å². The highest BCUT2D eigenvalue weighted by atomic mass is 32.2. The van der Waals surface area contributed by atoms with Crippen LogP contribution in [0.25, 0.3) is 21.8 Å². The Labute approximate surface area is 129 Å². The van der Waals surface area contributed by atoms with Crippen molar-refractivity contribution in [2.75, 3.05) is 0 Å². The first kappa shape index (κ1) is 14.8. The SMILES string of the molecule is O=S(O)Oc1ccnc2c1ccc1c(OS(=O)O)ccnc12. The molecule has 0 saturated heterocycles. The van der Waals surface area contributed by atoms with E-state index in [0.29, 0.717) is 21.8 Å². The summed E-state index contributed by atoms with van der Waals surface area (Å²) in [5, 5.41) is 0.958. The molecule has 0 aliphatic heterocycles. The van der Waals surface area contributed by atoms with Crippen LogP contribution in [-0.4, -0.2) is 27.5 Å². The number of aromatic nitrogens is 2. The molecule has 114 valence electrons. The maximum absolute atomic E-state index is 10.8. The predicted molar refractivity (Wildman–Crippen MR) is 79.8 cm³/mol. The number of nitrogens with zero attached hydrogens (tertiary/aromatic N) is 2. The summed E-state index contributed by atoms with van der Waals surface area (Å²) >= 11 is -4.93. The Morgan fingerprint density at radius 2 is 1.18 bits per heavy atom. The third-order valence-electron chi connectivity index (χ3n) is 2.86. The zero-order chi connectivity index (χ0) is 15.7. The van der Waals surface area contributed by atoms with Crippen molar-refractivity contribution in [3.8, 4) is 11.5 Å². The largest absolute Gasteiger partial charge is 0.379 e. The molecule has 3 aromatic rings. The van der Waals surface area contributed by atoms with Crippen molar-refractivity contribution in [2.24, 2.45) is 0 Å². The fourth-order valence-corrected chi connectivity index (χ4v) is 2.67. The lowest BCUT2D eigenvalue weighted by molar-refractivity contribution is 0.458. The highest BCUT2D eigenvalue weighted by Crippen LogP contribution is 2.33. The van der Waals surface area contributed by atoms with Crippen LogP contribution in [0.1, 0.15) is 0 Å². The summed E-state index contributed by atoms with van der Waals surface area (Å²) in [6, 6.07) is 6.10. The molecule has 0 amide bonds. The number of pyridine rings is 2. The van der Waals surface area contributed by atoms with E-state index in [2.05, 4.69) is 9.97 Å². The number of hydrogen-bond donors (Lipinski definition) is 2. The van der Waals surface area contributed by atoms with Crippen molar-refractivity contribution in [1.29, 1.82) is 0 Å². The molecule has 2 heterocycles. The van der Waals surface area contributed by atoms with Crippen LogP contribution in [0.4, 0.5) is 0 Å². The Kier molecular flexibility index (Phi) is 3.98. The summed E-state index contributed by atoms with van der Waals surface area (Å²) < 4.78 is 49.0. The second-order valence-corrected chi connectivity index (χ2v) is 5.28. The molecule has 0 saturated carbocycles. The van der Waals surface area contributed by atoms with Crippen LogP contribution in [0.3, 0.4) is 0 Å². The summed E-state index contributed by atoms with van der Waals surface area (Å²) in [6.45, 7) is 0. The quantitative estimate of drug-likeness (QED) is 0.545. The fourth-order valence-electron chi connectivity index (χ4n) is 2.08. The fraction of sp³-hybridized carbons (Fsp3) is 0. The summed E-state index contributed by atoms with van der Waals surface area (Å²) in [7, 11) is 0. The van der Waals surface area contributed by atoms with Gasteiger partial charge in [0.1, 0.15) is 11.0 Å². The summed E-state index contributed by atoms with van der Waals surface area (Å²) in [5.74, 6) is 0.346. The van der Waals surface area contributed by atoms with Crippen molar-refractivity contribution in [2.45, 2.75) is 0 Å². The highest BCUT2D eigenvalue weighted by Gasteiger charge is 2.13. The molecule has 10 heteroatoms. The number of benzene rings is 1. The van der Waals surface area contributed by atoms with Crippen molar-refractivity contribution >= 4 is 44.5 Å². The molecule has 3 rings (SSSR count). The van der Waals surface area contributed by atoms with Gasteiger partial charge >= 0.3 is 22.7 Å². The van der Waals surface area contributed by atoms with Crippen LogP contribution in [0.15, 0.2) is 36.7 Å². The Hall–Kier alpha value is -2.14. The predicted octanol–water partition coefficient (Wildman–Crippen LogP) is 1.81. The molecular formula is C12H8N2O6S2. The molecule has 2 atom stereocenters. The van der Waals surface area contributed by atoms with Gasteiger partial charge in [-0.05, 0) is 12.1 Å². The molecule has 0 radical (unpaired) electrons. The van der Waals surface area contributed by atoms with E-state index < -0.39 is 22.7 Å². The smallest absolute Gasteiger partial charge is 0.357 e. The van der Waals surface area contributed by atoms with Crippen LogP contribution in [-0.2, 0) is 22.7 Å². The topological polar surface area (TPSA) is 119 Å². The van der Waals surface area contributed by atoms with E-state index in [1.54, 1.807) is 12.1 Å². The third kappa shape index (κ3) is 2.76. The second kappa shape index (κ2) is 5.93. The van der Waals surface area contributed by atoms with Crippen LogP contribution < -0.4 is 8.37 Å². The molecule has 1 aromatic carbocycles. The zero-order valence-electron chi connectivity index (χ0n) is 10.7. The number of rotatable bonds is 4. The summed E-state index contributed by atoms with van der Waals surface area (Å²) in [6.07, 6.45) is 2.81. The van der Waals surface area contributed by atoms with E-state index in [-0.39, 0.29) is 11.5 Å². The van der Waals surface area contributed by atoms with E-state index in [9.17, 15) is 8.42 Å². The molecule has 2 aromatic heterocycles. The normalized spacial score (nSPS) is 13.9. The van der Waals surface area contributed by atoms with Crippen LogP contribution in [0.5, 0.6) is 11.5 Å². The van der Waals surface area contributed by atoms with E-state index in [1.165, 1.54) is 24.5 Å². The van der Waals surface area contributed by atoms with Gasteiger partial charge in [0.25, 0.3) is 0 Å². The number of fused-ring (bicyclic) bond motifs is 3. The maximum atomic E-state index is 10.8. The van der Waals surface area contributed by atoms with Gasteiger partial charge in [0.05, 0.1) is 0 Å². The molecule has 0 fully saturated rings. The lowest BCUT2D eigenvalue weighted by Gasteiger charge is -2.08. The van der Waals surface area contributed by atoms with Crippen molar-refractivity contribution in [3.63, 3.8) is 0 Å². The average Bonchev–Trinajstić information content (AvgIpc) is 2.46. The Bertz CT molecular complexity index is 842. The molecule has 0 spiro atoms. The first-order valence-electron chi connectivity index (χ1n) is 5.81. The highest BCUT2D eigenvalue weighted by molar-refractivity contribution is 7.74.